The number of benzene rings is 1. The van der Waals surface area contributed by atoms with Crippen molar-refractivity contribution in [2.24, 2.45) is 0 Å². The van der Waals surface area contributed by atoms with Gasteiger partial charge in [-0.05, 0) is 38.8 Å². The van der Waals surface area contributed by atoms with Gasteiger partial charge in [-0.1, -0.05) is 0 Å². The zero-order valence-corrected chi connectivity index (χ0v) is 15.5. The van der Waals surface area contributed by atoms with E-state index in [1.54, 1.807) is 18.2 Å². The van der Waals surface area contributed by atoms with Crippen LogP contribution < -0.4 is 25.0 Å². The van der Waals surface area contributed by atoms with E-state index in [2.05, 4.69) is 25.5 Å². The summed E-state index contributed by atoms with van der Waals surface area (Å²) < 4.78 is 11.0. The summed E-state index contributed by atoms with van der Waals surface area (Å²) in [6, 6.07) is 4.96. The lowest BCUT2D eigenvalue weighted by molar-refractivity contribution is 0.171. The van der Waals surface area contributed by atoms with Crippen molar-refractivity contribution in [1.82, 2.24) is 9.97 Å². The first-order valence-corrected chi connectivity index (χ1v) is 9.18. The number of fused-ring (bicyclic) bond motifs is 1. The summed E-state index contributed by atoms with van der Waals surface area (Å²) in [4.78, 5) is 23.8. The van der Waals surface area contributed by atoms with Gasteiger partial charge in [0, 0.05) is 24.8 Å². The number of rotatable bonds is 3. The lowest BCUT2D eigenvalue weighted by Crippen LogP contribution is -2.24. The summed E-state index contributed by atoms with van der Waals surface area (Å²) in [5.74, 6) is 2.05. The van der Waals surface area contributed by atoms with E-state index in [0.29, 0.717) is 36.1 Å². The lowest BCUT2D eigenvalue weighted by atomic mass is 10.2. The molecular formula is C19H23N5O3. The molecule has 27 heavy (non-hydrogen) atoms. The number of carbonyl (C=O) groups excluding carboxylic acids is 1. The molecule has 1 aromatic carbocycles. The molecule has 4 rings (SSSR count). The zero-order chi connectivity index (χ0) is 18.8. The van der Waals surface area contributed by atoms with Crippen molar-refractivity contribution in [2.45, 2.75) is 26.7 Å². The number of hydrogen-bond acceptors (Lipinski definition) is 6. The van der Waals surface area contributed by atoms with Crippen molar-refractivity contribution in [3.05, 3.63) is 29.6 Å². The van der Waals surface area contributed by atoms with Crippen LogP contribution in [0.5, 0.6) is 11.5 Å². The molecule has 142 valence electrons. The summed E-state index contributed by atoms with van der Waals surface area (Å²) in [5.41, 5.74) is 2.76. The van der Waals surface area contributed by atoms with Gasteiger partial charge in [-0.2, -0.15) is 0 Å². The molecule has 2 amide bonds. The van der Waals surface area contributed by atoms with Crippen molar-refractivity contribution in [3.8, 4) is 11.5 Å². The molecular weight excluding hydrogens is 346 g/mol. The molecule has 2 aromatic rings. The smallest absolute Gasteiger partial charge is 0.323 e. The molecule has 0 radical (unpaired) electrons. The maximum absolute atomic E-state index is 12.4. The number of ether oxygens (including phenoxy) is 2. The standard InChI is InChI=1S/C19H23N5O3/c1-12-17(13(2)21-18(20-12)24-7-3-4-8-24)23-19(25)22-14-5-6-15-16(11-14)27-10-9-26-15/h5-6,11H,3-4,7-10H2,1-2H3,(H2,22,23,25). The minimum atomic E-state index is -0.351. The Balaban J connectivity index is 1.46. The van der Waals surface area contributed by atoms with Crippen LogP contribution in [0.1, 0.15) is 24.2 Å². The van der Waals surface area contributed by atoms with Gasteiger partial charge in [-0.25, -0.2) is 14.8 Å². The van der Waals surface area contributed by atoms with Gasteiger partial charge in [0.05, 0.1) is 17.1 Å². The van der Waals surface area contributed by atoms with Crippen molar-refractivity contribution in [3.63, 3.8) is 0 Å². The summed E-state index contributed by atoms with van der Waals surface area (Å²) in [7, 11) is 0. The van der Waals surface area contributed by atoms with E-state index >= 15 is 0 Å². The molecule has 2 N–H and O–H groups in total. The summed E-state index contributed by atoms with van der Waals surface area (Å²) in [6.07, 6.45) is 2.33. The normalized spacial score (nSPS) is 15.6. The Morgan fingerprint density at radius 3 is 2.37 bits per heavy atom. The third-order valence-electron chi connectivity index (χ3n) is 4.69. The fourth-order valence-corrected chi connectivity index (χ4v) is 3.34. The Morgan fingerprint density at radius 1 is 1.00 bits per heavy atom. The molecule has 1 aromatic heterocycles. The highest BCUT2D eigenvalue weighted by atomic mass is 16.6. The molecule has 3 heterocycles. The summed E-state index contributed by atoms with van der Waals surface area (Å²) in [5, 5.41) is 5.67. The Morgan fingerprint density at radius 2 is 1.67 bits per heavy atom. The van der Waals surface area contributed by atoms with E-state index in [0.717, 1.165) is 30.4 Å². The van der Waals surface area contributed by atoms with Crippen LogP contribution in [0.25, 0.3) is 0 Å². The quantitative estimate of drug-likeness (QED) is 0.864. The molecule has 0 bridgehead atoms. The van der Waals surface area contributed by atoms with Crippen LogP contribution in [-0.4, -0.2) is 42.3 Å². The van der Waals surface area contributed by atoms with Crippen LogP contribution in [0.2, 0.25) is 0 Å². The van der Waals surface area contributed by atoms with E-state index in [1.807, 2.05) is 13.8 Å². The van der Waals surface area contributed by atoms with Crippen LogP contribution >= 0.6 is 0 Å². The van der Waals surface area contributed by atoms with Crippen LogP contribution in [0, 0.1) is 13.8 Å². The van der Waals surface area contributed by atoms with Gasteiger partial charge in [-0.3, -0.25) is 0 Å². The number of aromatic nitrogens is 2. The number of hydrogen-bond donors (Lipinski definition) is 2. The summed E-state index contributed by atoms with van der Waals surface area (Å²) in [6.45, 7) is 6.77. The van der Waals surface area contributed by atoms with Gasteiger partial charge in [0.15, 0.2) is 11.5 Å². The SMILES string of the molecule is Cc1nc(N2CCCC2)nc(C)c1NC(=O)Nc1ccc2c(c1)OCCO2. The number of nitrogens with one attached hydrogen (secondary N) is 2. The maximum atomic E-state index is 12.4. The highest BCUT2D eigenvalue weighted by Crippen LogP contribution is 2.32. The Labute approximate surface area is 157 Å². The predicted molar refractivity (Wildman–Crippen MR) is 103 cm³/mol. The fraction of sp³-hybridized carbons (Fsp3) is 0.421. The van der Waals surface area contributed by atoms with Gasteiger partial charge < -0.3 is 25.0 Å². The minimum absolute atomic E-state index is 0.351. The van der Waals surface area contributed by atoms with E-state index in [4.69, 9.17) is 9.47 Å². The van der Waals surface area contributed by atoms with Crippen molar-refractivity contribution >= 4 is 23.4 Å². The fourth-order valence-electron chi connectivity index (χ4n) is 3.34. The van der Waals surface area contributed by atoms with E-state index in [-0.39, 0.29) is 6.03 Å². The largest absolute Gasteiger partial charge is 0.486 e. The number of nitrogens with zero attached hydrogens (tertiary/aromatic N) is 3. The molecule has 0 atom stereocenters. The van der Waals surface area contributed by atoms with Crippen LogP contribution in [0.3, 0.4) is 0 Å². The third kappa shape index (κ3) is 3.74. The first kappa shape index (κ1) is 17.4. The van der Waals surface area contributed by atoms with Gasteiger partial charge in [-0.15, -0.1) is 0 Å². The van der Waals surface area contributed by atoms with Gasteiger partial charge >= 0.3 is 6.03 Å². The first-order valence-electron chi connectivity index (χ1n) is 9.18. The first-order chi connectivity index (χ1) is 13.1. The maximum Gasteiger partial charge on any atom is 0.323 e. The molecule has 2 aliphatic heterocycles. The van der Waals surface area contributed by atoms with E-state index < -0.39 is 0 Å². The molecule has 0 spiro atoms. The second-order valence-corrected chi connectivity index (χ2v) is 6.70. The van der Waals surface area contributed by atoms with Crippen molar-refractivity contribution in [2.75, 3.05) is 41.8 Å². The monoisotopic (exact) mass is 369 g/mol. The van der Waals surface area contributed by atoms with E-state index in [1.165, 1.54) is 12.8 Å². The predicted octanol–water partition coefficient (Wildman–Crippen LogP) is 3.11. The van der Waals surface area contributed by atoms with Crippen LogP contribution in [-0.2, 0) is 0 Å². The number of anilines is 3. The molecule has 8 heteroatoms. The topological polar surface area (TPSA) is 88.6 Å². The number of amides is 2. The second kappa shape index (κ2) is 7.30. The van der Waals surface area contributed by atoms with Gasteiger partial charge in [0.25, 0.3) is 0 Å². The molecule has 1 fully saturated rings. The van der Waals surface area contributed by atoms with Crippen molar-refractivity contribution in [1.29, 1.82) is 0 Å². The van der Waals surface area contributed by atoms with Crippen LogP contribution in [0.4, 0.5) is 22.1 Å². The Kier molecular flexibility index (Phi) is 4.70. The number of urea groups is 1. The lowest BCUT2D eigenvalue weighted by Gasteiger charge is -2.20. The average Bonchev–Trinajstić information content (AvgIpc) is 3.19. The average molecular weight is 369 g/mol. The van der Waals surface area contributed by atoms with E-state index in [9.17, 15) is 4.79 Å². The zero-order valence-electron chi connectivity index (χ0n) is 15.5. The molecule has 1 saturated heterocycles. The highest BCUT2D eigenvalue weighted by Gasteiger charge is 2.19. The molecule has 0 aliphatic carbocycles. The number of aryl methyl sites for hydroxylation is 2. The Hall–Kier alpha value is -3.03. The third-order valence-corrected chi connectivity index (χ3v) is 4.69. The highest BCUT2D eigenvalue weighted by molar-refractivity contribution is 6.00. The molecule has 2 aliphatic rings. The van der Waals surface area contributed by atoms with Gasteiger partial charge in [0.2, 0.25) is 5.95 Å². The molecule has 8 nitrogen and oxygen atoms in total. The minimum Gasteiger partial charge on any atom is -0.486 e. The summed E-state index contributed by atoms with van der Waals surface area (Å²) >= 11 is 0. The molecule has 0 unspecified atom stereocenters. The van der Waals surface area contributed by atoms with Gasteiger partial charge in [0.1, 0.15) is 13.2 Å². The molecule has 0 saturated carbocycles. The van der Waals surface area contributed by atoms with Crippen LogP contribution in [0.15, 0.2) is 18.2 Å². The van der Waals surface area contributed by atoms with Crippen molar-refractivity contribution < 1.29 is 14.3 Å². The number of carbonyl (C=O) groups is 1. The second-order valence-electron chi connectivity index (χ2n) is 6.70. The Bertz CT molecular complexity index is 841.